The Morgan fingerprint density at radius 3 is 2.45 bits per heavy atom. The highest BCUT2D eigenvalue weighted by Gasteiger charge is 2.17. The van der Waals surface area contributed by atoms with E-state index >= 15 is 0 Å². The zero-order chi connectivity index (χ0) is 21.0. The normalized spacial score (nSPS) is 15.6. The average Bonchev–Trinajstić information content (AvgIpc) is 3.20. The molecule has 0 amide bonds. The van der Waals surface area contributed by atoms with E-state index in [0.29, 0.717) is 0 Å². The highest BCUT2D eigenvalue weighted by atomic mass is 15.4. The van der Waals surface area contributed by atoms with Crippen LogP contribution in [-0.2, 0) is 6.54 Å². The largest absolute Gasteiger partial charge is 0.354 e. The molecule has 1 aliphatic heterocycles. The minimum absolute atomic E-state index is 0.759. The van der Waals surface area contributed by atoms with E-state index in [1.807, 2.05) is 35.7 Å². The van der Waals surface area contributed by atoms with Crippen molar-refractivity contribution < 1.29 is 0 Å². The van der Waals surface area contributed by atoms with Crippen LogP contribution < -0.4 is 5.32 Å². The van der Waals surface area contributed by atoms with Crippen LogP contribution in [0.4, 0.5) is 5.95 Å². The summed E-state index contributed by atoms with van der Waals surface area (Å²) in [6.45, 7) is 9.46. The molecule has 5 rings (SSSR count). The molecule has 2 aromatic heterocycles. The van der Waals surface area contributed by atoms with Gasteiger partial charge < -0.3 is 10.2 Å². The second-order valence-corrected chi connectivity index (χ2v) is 8.23. The third-order valence-corrected chi connectivity index (χ3v) is 5.93. The van der Waals surface area contributed by atoms with Crippen LogP contribution in [0.2, 0.25) is 0 Å². The lowest BCUT2D eigenvalue weighted by Crippen LogP contribution is -2.46. The van der Waals surface area contributed by atoms with E-state index in [2.05, 4.69) is 55.5 Å². The average molecular weight is 416 g/mol. The lowest BCUT2D eigenvalue weighted by atomic mass is 10.2. The number of hydrogen-bond donors (Lipinski definition) is 1. The molecule has 1 fully saturated rings. The molecule has 7 heteroatoms. The summed E-state index contributed by atoms with van der Waals surface area (Å²) in [4.78, 5) is 14.5. The molecule has 31 heavy (non-hydrogen) atoms. The van der Waals surface area contributed by atoms with Gasteiger partial charge in [-0.2, -0.15) is 4.52 Å². The van der Waals surface area contributed by atoms with Crippen LogP contribution in [0.5, 0.6) is 0 Å². The van der Waals surface area contributed by atoms with Gasteiger partial charge in [-0.15, -0.1) is 5.10 Å². The molecule has 7 nitrogen and oxygen atoms in total. The van der Waals surface area contributed by atoms with Crippen molar-refractivity contribution in [1.29, 1.82) is 0 Å². The van der Waals surface area contributed by atoms with Gasteiger partial charge in [0.2, 0.25) is 5.95 Å². The summed E-state index contributed by atoms with van der Waals surface area (Å²) in [5.74, 6) is 1.52. The Bertz CT molecular complexity index is 1150. The molecule has 0 radical (unpaired) electrons. The summed E-state index contributed by atoms with van der Waals surface area (Å²) < 4.78 is 1.83. The lowest BCUT2D eigenvalue weighted by Gasteiger charge is -2.34. The molecular weight excluding hydrogens is 386 g/mol. The Labute approximate surface area is 182 Å². The smallest absolute Gasteiger partial charge is 0.226 e. The third kappa shape index (κ3) is 4.52. The summed E-state index contributed by atoms with van der Waals surface area (Å²) in [7, 11) is 0. The van der Waals surface area contributed by atoms with Gasteiger partial charge in [0.1, 0.15) is 5.82 Å². The van der Waals surface area contributed by atoms with Gasteiger partial charge in [-0.3, -0.25) is 4.90 Å². The van der Waals surface area contributed by atoms with Gasteiger partial charge in [0, 0.05) is 44.7 Å². The first-order valence-electron chi connectivity index (χ1n) is 11.1. The number of nitrogens with one attached hydrogen (secondary N) is 1. The van der Waals surface area contributed by atoms with Crippen molar-refractivity contribution in [2.24, 2.45) is 0 Å². The van der Waals surface area contributed by atoms with Crippen LogP contribution in [-0.4, -0.2) is 68.7 Å². The molecule has 1 saturated heterocycles. The van der Waals surface area contributed by atoms with Gasteiger partial charge in [-0.1, -0.05) is 42.5 Å². The fourth-order valence-electron chi connectivity index (χ4n) is 4.29. The Morgan fingerprint density at radius 2 is 1.61 bits per heavy atom. The van der Waals surface area contributed by atoms with E-state index in [1.54, 1.807) is 0 Å². The molecular formula is C24H29N7. The van der Waals surface area contributed by atoms with Gasteiger partial charge >= 0.3 is 0 Å². The highest BCUT2D eigenvalue weighted by molar-refractivity contribution is 5.92. The minimum Gasteiger partial charge on any atom is -0.354 e. The number of anilines is 1. The summed E-state index contributed by atoms with van der Waals surface area (Å²) in [6.07, 6.45) is 1.07. The Balaban J connectivity index is 1.13. The molecule has 1 aliphatic rings. The summed E-state index contributed by atoms with van der Waals surface area (Å²) in [6, 6.07) is 18.9. The number of aryl methyl sites for hydroxylation is 1. The third-order valence-electron chi connectivity index (χ3n) is 5.93. The van der Waals surface area contributed by atoms with E-state index < -0.39 is 0 Å². The van der Waals surface area contributed by atoms with Crippen LogP contribution >= 0.6 is 0 Å². The van der Waals surface area contributed by atoms with E-state index in [1.165, 1.54) is 5.56 Å². The van der Waals surface area contributed by atoms with Crippen molar-refractivity contribution in [3.63, 3.8) is 0 Å². The lowest BCUT2D eigenvalue weighted by molar-refractivity contribution is 0.127. The maximum absolute atomic E-state index is 4.78. The maximum atomic E-state index is 4.78. The monoisotopic (exact) mass is 415 g/mol. The van der Waals surface area contributed by atoms with Crippen molar-refractivity contribution in [2.45, 2.75) is 19.9 Å². The molecule has 0 atom stereocenters. The van der Waals surface area contributed by atoms with Crippen molar-refractivity contribution >= 4 is 22.5 Å². The number of hydrogen-bond acceptors (Lipinski definition) is 6. The fraction of sp³-hybridized carbons (Fsp3) is 0.375. The number of para-hydroxylation sites is 1. The van der Waals surface area contributed by atoms with Gasteiger partial charge in [-0.05, 0) is 37.6 Å². The Kier molecular flexibility index (Phi) is 5.78. The summed E-state index contributed by atoms with van der Waals surface area (Å²) in [5.41, 5.74) is 3.21. The van der Waals surface area contributed by atoms with Crippen LogP contribution in [0.25, 0.3) is 16.6 Å². The molecule has 1 N–H and O–H groups in total. The first-order chi connectivity index (χ1) is 15.3. The Morgan fingerprint density at radius 1 is 0.871 bits per heavy atom. The second kappa shape index (κ2) is 8.99. The molecule has 2 aromatic carbocycles. The predicted molar refractivity (Wildman–Crippen MR) is 124 cm³/mol. The fourth-order valence-corrected chi connectivity index (χ4v) is 4.29. The first kappa shape index (κ1) is 19.9. The minimum atomic E-state index is 0.759. The number of nitrogens with zero attached hydrogens (tertiary/aromatic N) is 6. The van der Waals surface area contributed by atoms with Crippen LogP contribution in [0.15, 0.2) is 54.6 Å². The van der Waals surface area contributed by atoms with Crippen molar-refractivity contribution in [3.05, 3.63) is 66.0 Å². The highest BCUT2D eigenvalue weighted by Crippen LogP contribution is 2.20. The molecule has 0 aliphatic carbocycles. The second-order valence-electron chi connectivity index (χ2n) is 8.23. The van der Waals surface area contributed by atoms with Crippen molar-refractivity contribution in [1.82, 2.24) is 29.4 Å². The SMILES string of the molecule is Cc1nc2c3ccccc3nc(NCCCN3CCN(Cc4ccccc4)CC3)n2n1. The Hall–Kier alpha value is -3.03. The molecule has 4 aromatic rings. The zero-order valence-electron chi connectivity index (χ0n) is 18.0. The zero-order valence-corrected chi connectivity index (χ0v) is 18.0. The van der Waals surface area contributed by atoms with Gasteiger partial charge in [-0.25, -0.2) is 9.97 Å². The van der Waals surface area contributed by atoms with Crippen LogP contribution in [0.1, 0.15) is 17.8 Å². The molecule has 3 heterocycles. The van der Waals surface area contributed by atoms with Crippen molar-refractivity contribution in [2.75, 3.05) is 44.6 Å². The number of benzene rings is 2. The molecule has 0 saturated carbocycles. The number of piperazine rings is 1. The van der Waals surface area contributed by atoms with Crippen LogP contribution in [0.3, 0.4) is 0 Å². The number of aromatic nitrogens is 4. The van der Waals surface area contributed by atoms with Gasteiger partial charge in [0.25, 0.3) is 0 Å². The standard InChI is InChI=1S/C24H29N7/c1-19-26-23-21-10-5-6-11-22(21)27-24(31(23)28-19)25-12-7-13-29-14-16-30(17-15-29)18-20-8-3-2-4-9-20/h2-6,8-11H,7,12-18H2,1H3,(H,25,27). The van der Waals surface area contributed by atoms with Crippen molar-refractivity contribution in [3.8, 4) is 0 Å². The van der Waals surface area contributed by atoms with E-state index in [4.69, 9.17) is 4.98 Å². The van der Waals surface area contributed by atoms with Crippen LogP contribution in [0, 0.1) is 6.92 Å². The quantitative estimate of drug-likeness (QED) is 0.468. The summed E-state index contributed by atoms with van der Waals surface area (Å²) >= 11 is 0. The topological polar surface area (TPSA) is 61.6 Å². The van der Waals surface area contributed by atoms with Gasteiger partial charge in [0.15, 0.2) is 5.65 Å². The number of fused-ring (bicyclic) bond motifs is 3. The predicted octanol–water partition coefficient (Wildman–Crippen LogP) is 3.21. The summed E-state index contributed by atoms with van der Waals surface area (Å²) in [5, 5.41) is 9.06. The van der Waals surface area contributed by atoms with Gasteiger partial charge in [0.05, 0.1) is 5.52 Å². The molecule has 160 valence electrons. The van der Waals surface area contributed by atoms with E-state index in [0.717, 1.165) is 80.6 Å². The molecule has 0 bridgehead atoms. The van der Waals surface area contributed by atoms with E-state index in [9.17, 15) is 0 Å². The maximum Gasteiger partial charge on any atom is 0.226 e. The molecule has 0 unspecified atom stereocenters. The van der Waals surface area contributed by atoms with E-state index in [-0.39, 0.29) is 0 Å². The first-order valence-corrected chi connectivity index (χ1v) is 11.1. The number of rotatable bonds is 7. The molecule has 0 spiro atoms.